The number of hydrogen-bond acceptors (Lipinski definition) is 2. The van der Waals surface area contributed by atoms with Crippen molar-refractivity contribution < 1.29 is 0 Å². The van der Waals surface area contributed by atoms with Gasteiger partial charge in [-0.1, -0.05) is 0 Å². The van der Waals surface area contributed by atoms with Crippen molar-refractivity contribution >= 4 is 0 Å². The molecule has 1 aromatic heterocycles. The second kappa shape index (κ2) is 3.14. The van der Waals surface area contributed by atoms with E-state index in [1.54, 1.807) is 0 Å². The second-order valence-corrected chi connectivity index (χ2v) is 4.05. The van der Waals surface area contributed by atoms with E-state index in [0.29, 0.717) is 5.92 Å². The van der Waals surface area contributed by atoms with E-state index in [4.69, 9.17) is 5.73 Å². The van der Waals surface area contributed by atoms with Crippen molar-refractivity contribution in [3.63, 3.8) is 0 Å². The molecule has 1 aromatic rings. The van der Waals surface area contributed by atoms with Crippen molar-refractivity contribution in [3.05, 3.63) is 17.7 Å². The van der Waals surface area contributed by atoms with Gasteiger partial charge in [-0.25, -0.2) is 4.98 Å². The fourth-order valence-corrected chi connectivity index (χ4v) is 2.23. The highest BCUT2D eigenvalue weighted by Gasteiger charge is 2.26. The molecule has 0 bridgehead atoms. The smallest absolute Gasteiger partial charge is 0.0949 e. The normalized spacial score (nSPS) is 24.1. The van der Waals surface area contributed by atoms with E-state index in [1.807, 2.05) is 6.33 Å². The molecule has 72 valence electrons. The molecular weight excluding hydrogens is 162 g/mol. The van der Waals surface area contributed by atoms with Crippen LogP contribution in [0, 0.1) is 0 Å². The standard InChI is InChI=1S/C10H17N3/c1-7(11)8-4-3-5-9-10(8)12-6-13(9)2/h6-8H,3-5,11H2,1-2H3. The fourth-order valence-electron chi connectivity index (χ4n) is 2.23. The van der Waals surface area contributed by atoms with Crippen LogP contribution in [0.1, 0.15) is 37.1 Å². The van der Waals surface area contributed by atoms with Crippen LogP contribution in [0.3, 0.4) is 0 Å². The number of nitrogens with two attached hydrogens (primary N) is 1. The molecule has 1 aliphatic rings. The predicted octanol–water partition coefficient (Wildman–Crippen LogP) is 1.19. The number of fused-ring (bicyclic) bond motifs is 1. The third-order valence-corrected chi connectivity index (χ3v) is 3.01. The van der Waals surface area contributed by atoms with Crippen molar-refractivity contribution in [1.82, 2.24) is 9.55 Å². The maximum atomic E-state index is 5.94. The Labute approximate surface area is 79.0 Å². The van der Waals surface area contributed by atoms with E-state index >= 15 is 0 Å². The average Bonchev–Trinajstić information content (AvgIpc) is 2.48. The number of nitrogens with zero attached hydrogens (tertiary/aromatic N) is 2. The number of hydrogen-bond donors (Lipinski definition) is 1. The maximum absolute atomic E-state index is 5.94. The minimum absolute atomic E-state index is 0.231. The first-order valence-corrected chi connectivity index (χ1v) is 4.96. The van der Waals surface area contributed by atoms with Gasteiger partial charge in [-0.2, -0.15) is 0 Å². The summed E-state index contributed by atoms with van der Waals surface area (Å²) in [5.74, 6) is 0.477. The van der Waals surface area contributed by atoms with Gasteiger partial charge < -0.3 is 10.3 Å². The summed E-state index contributed by atoms with van der Waals surface area (Å²) in [4.78, 5) is 4.44. The lowest BCUT2D eigenvalue weighted by molar-refractivity contribution is 0.469. The van der Waals surface area contributed by atoms with Gasteiger partial charge in [0, 0.05) is 24.7 Å². The molecule has 0 aliphatic heterocycles. The van der Waals surface area contributed by atoms with Crippen molar-refractivity contribution in [3.8, 4) is 0 Å². The molecule has 0 fully saturated rings. The molecule has 3 heteroatoms. The summed E-state index contributed by atoms with van der Waals surface area (Å²) in [5.41, 5.74) is 8.56. The minimum atomic E-state index is 0.231. The summed E-state index contributed by atoms with van der Waals surface area (Å²) < 4.78 is 2.13. The highest BCUT2D eigenvalue weighted by Crippen LogP contribution is 2.31. The first kappa shape index (κ1) is 8.75. The molecule has 2 rings (SSSR count). The molecule has 0 saturated heterocycles. The lowest BCUT2D eigenvalue weighted by atomic mass is 9.85. The molecule has 0 aromatic carbocycles. The summed E-state index contributed by atoms with van der Waals surface area (Å²) in [5, 5.41) is 0. The Bertz CT molecular complexity index is 301. The van der Waals surface area contributed by atoms with Gasteiger partial charge in [0.1, 0.15) is 0 Å². The summed E-state index contributed by atoms with van der Waals surface area (Å²) in [6.45, 7) is 2.08. The highest BCUT2D eigenvalue weighted by atomic mass is 15.0. The molecule has 2 unspecified atom stereocenters. The van der Waals surface area contributed by atoms with Gasteiger partial charge in [0.2, 0.25) is 0 Å². The zero-order valence-corrected chi connectivity index (χ0v) is 8.33. The topological polar surface area (TPSA) is 43.8 Å². The molecule has 0 saturated carbocycles. The van der Waals surface area contributed by atoms with Gasteiger partial charge in [-0.15, -0.1) is 0 Å². The third kappa shape index (κ3) is 1.37. The summed E-state index contributed by atoms with van der Waals surface area (Å²) in [7, 11) is 2.06. The van der Waals surface area contributed by atoms with E-state index < -0.39 is 0 Å². The quantitative estimate of drug-likeness (QED) is 0.703. The van der Waals surface area contributed by atoms with Crippen LogP contribution in [0.15, 0.2) is 6.33 Å². The number of aryl methyl sites for hydroxylation is 1. The Morgan fingerprint density at radius 3 is 3.15 bits per heavy atom. The van der Waals surface area contributed by atoms with Crippen molar-refractivity contribution in [2.75, 3.05) is 0 Å². The van der Waals surface area contributed by atoms with Gasteiger partial charge in [0.05, 0.1) is 12.0 Å². The average molecular weight is 179 g/mol. The van der Waals surface area contributed by atoms with Crippen LogP contribution in [0.25, 0.3) is 0 Å². The number of rotatable bonds is 1. The first-order valence-electron chi connectivity index (χ1n) is 4.96. The van der Waals surface area contributed by atoms with Gasteiger partial charge in [-0.3, -0.25) is 0 Å². The van der Waals surface area contributed by atoms with Crippen LogP contribution in [0.5, 0.6) is 0 Å². The number of imidazole rings is 1. The van der Waals surface area contributed by atoms with E-state index in [9.17, 15) is 0 Å². The van der Waals surface area contributed by atoms with Crippen LogP contribution in [0.4, 0.5) is 0 Å². The van der Waals surface area contributed by atoms with Gasteiger partial charge in [0.25, 0.3) is 0 Å². The van der Waals surface area contributed by atoms with E-state index in [1.165, 1.54) is 24.2 Å². The first-order chi connectivity index (χ1) is 6.20. The summed E-state index contributed by atoms with van der Waals surface area (Å²) in [6.07, 6.45) is 5.51. The van der Waals surface area contributed by atoms with Crippen LogP contribution in [-0.2, 0) is 13.5 Å². The Morgan fingerprint density at radius 2 is 2.46 bits per heavy atom. The lowest BCUT2D eigenvalue weighted by Gasteiger charge is -2.24. The molecular formula is C10H17N3. The molecule has 2 N–H and O–H groups in total. The van der Waals surface area contributed by atoms with E-state index in [-0.39, 0.29) is 6.04 Å². The predicted molar refractivity (Wildman–Crippen MR) is 52.5 cm³/mol. The van der Waals surface area contributed by atoms with Crippen molar-refractivity contribution in [2.24, 2.45) is 12.8 Å². The highest BCUT2D eigenvalue weighted by molar-refractivity contribution is 5.22. The van der Waals surface area contributed by atoms with Gasteiger partial charge in [0.15, 0.2) is 0 Å². The maximum Gasteiger partial charge on any atom is 0.0949 e. The minimum Gasteiger partial charge on any atom is -0.337 e. The van der Waals surface area contributed by atoms with E-state index in [2.05, 4.69) is 23.5 Å². The molecule has 1 aliphatic carbocycles. The van der Waals surface area contributed by atoms with Gasteiger partial charge >= 0.3 is 0 Å². The number of aromatic nitrogens is 2. The fraction of sp³-hybridized carbons (Fsp3) is 0.700. The largest absolute Gasteiger partial charge is 0.337 e. The molecule has 0 spiro atoms. The zero-order valence-electron chi connectivity index (χ0n) is 8.33. The molecule has 0 radical (unpaired) electrons. The zero-order chi connectivity index (χ0) is 9.42. The summed E-state index contributed by atoms with van der Waals surface area (Å²) >= 11 is 0. The Balaban J connectivity index is 2.38. The molecule has 1 heterocycles. The molecule has 13 heavy (non-hydrogen) atoms. The SMILES string of the molecule is CC(N)C1CCCc2c1ncn2C. The van der Waals surface area contributed by atoms with E-state index in [0.717, 1.165) is 6.42 Å². The van der Waals surface area contributed by atoms with Crippen LogP contribution >= 0.6 is 0 Å². The molecule has 0 amide bonds. The molecule has 2 atom stereocenters. The Kier molecular flexibility index (Phi) is 2.12. The Morgan fingerprint density at radius 1 is 1.69 bits per heavy atom. The van der Waals surface area contributed by atoms with Crippen LogP contribution in [0.2, 0.25) is 0 Å². The Hall–Kier alpha value is -0.830. The van der Waals surface area contributed by atoms with Crippen molar-refractivity contribution in [1.29, 1.82) is 0 Å². The lowest BCUT2D eigenvalue weighted by Crippen LogP contribution is -2.28. The second-order valence-electron chi connectivity index (χ2n) is 4.05. The summed E-state index contributed by atoms with van der Waals surface area (Å²) in [6, 6.07) is 0.231. The third-order valence-electron chi connectivity index (χ3n) is 3.01. The molecule has 3 nitrogen and oxygen atoms in total. The van der Waals surface area contributed by atoms with Gasteiger partial charge in [-0.05, 0) is 26.2 Å². The van der Waals surface area contributed by atoms with Crippen LogP contribution in [-0.4, -0.2) is 15.6 Å². The monoisotopic (exact) mass is 179 g/mol. The van der Waals surface area contributed by atoms with Crippen molar-refractivity contribution in [2.45, 2.75) is 38.1 Å². The van der Waals surface area contributed by atoms with Crippen LogP contribution < -0.4 is 5.73 Å².